The summed E-state index contributed by atoms with van der Waals surface area (Å²) in [5.41, 5.74) is 4.13. The van der Waals surface area contributed by atoms with E-state index in [-0.39, 0.29) is 0 Å². The van der Waals surface area contributed by atoms with Crippen LogP contribution < -0.4 is 10.5 Å². The molecule has 1 rings (SSSR count). The van der Waals surface area contributed by atoms with E-state index in [0.29, 0.717) is 6.20 Å². The molecule has 1 heterocycles. The summed E-state index contributed by atoms with van der Waals surface area (Å²) in [4.78, 5) is 3.11. The molecule has 14 heavy (non-hydrogen) atoms. The second kappa shape index (κ2) is 3.49. The maximum Gasteiger partial charge on any atom is 0.573 e. The van der Waals surface area contributed by atoms with Crippen molar-refractivity contribution in [2.24, 2.45) is 0 Å². The Morgan fingerprint density at radius 3 is 2.50 bits per heavy atom. The van der Waals surface area contributed by atoms with Crippen molar-refractivity contribution in [1.29, 1.82) is 0 Å². The number of halogens is 5. The predicted molar refractivity (Wildman–Crippen MR) is 40.3 cm³/mol. The summed E-state index contributed by atoms with van der Waals surface area (Å²) in [6.45, 7) is 0. The molecule has 0 unspecified atom stereocenters. The van der Waals surface area contributed by atoms with E-state index in [1.807, 2.05) is 0 Å². The van der Waals surface area contributed by atoms with Crippen LogP contribution >= 0.6 is 11.6 Å². The van der Waals surface area contributed by atoms with Gasteiger partial charge in [0.2, 0.25) is 0 Å². The number of aromatic nitrogens is 1. The maximum absolute atomic E-state index is 12.8. The van der Waals surface area contributed by atoms with E-state index < -0.39 is 28.8 Å². The van der Waals surface area contributed by atoms with Crippen LogP contribution in [0.3, 0.4) is 0 Å². The number of alkyl halides is 3. The van der Waals surface area contributed by atoms with E-state index in [0.717, 1.165) is 0 Å². The molecule has 8 heteroatoms. The van der Waals surface area contributed by atoms with Crippen molar-refractivity contribution in [2.45, 2.75) is 6.36 Å². The lowest BCUT2D eigenvalue weighted by atomic mass is 10.4. The number of nitrogens with zero attached hydrogens (tertiary/aromatic N) is 1. The van der Waals surface area contributed by atoms with Crippen molar-refractivity contribution < 1.29 is 22.3 Å². The quantitative estimate of drug-likeness (QED) is 0.595. The average molecular weight is 231 g/mol. The third-order valence-corrected chi connectivity index (χ3v) is 1.47. The summed E-state index contributed by atoms with van der Waals surface area (Å²) in [6, 6.07) is 0. The number of anilines is 1. The van der Waals surface area contributed by atoms with Crippen molar-refractivity contribution in [3.05, 3.63) is 17.2 Å². The van der Waals surface area contributed by atoms with Gasteiger partial charge >= 0.3 is 6.36 Å². The number of ether oxygens (including phenoxy) is 1. The molecular weight excluding hydrogens is 228 g/mol. The number of nitrogen functional groups attached to an aromatic ring is 1. The summed E-state index contributed by atoms with van der Waals surface area (Å²) in [5, 5.41) is -0.614. The van der Waals surface area contributed by atoms with Crippen molar-refractivity contribution in [1.82, 2.24) is 4.98 Å². The van der Waals surface area contributed by atoms with Gasteiger partial charge in [0.15, 0.2) is 16.7 Å². The van der Waals surface area contributed by atoms with Crippen molar-refractivity contribution in [2.75, 3.05) is 5.73 Å². The SMILES string of the molecule is Nc1c(OC(F)(F)F)cnc(Cl)c1F. The normalized spacial score (nSPS) is 11.5. The molecule has 0 aromatic carbocycles. The summed E-state index contributed by atoms with van der Waals surface area (Å²) in [7, 11) is 0. The van der Waals surface area contributed by atoms with Gasteiger partial charge in [0.05, 0.1) is 6.20 Å². The Kier molecular flexibility index (Phi) is 2.70. The predicted octanol–water partition coefficient (Wildman–Crippen LogP) is 2.35. The number of hydrogen-bond acceptors (Lipinski definition) is 3. The molecule has 0 spiro atoms. The second-order valence-corrected chi connectivity index (χ2v) is 2.55. The molecule has 0 saturated heterocycles. The molecule has 2 N–H and O–H groups in total. The van der Waals surface area contributed by atoms with E-state index in [4.69, 9.17) is 17.3 Å². The van der Waals surface area contributed by atoms with E-state index in [9.17, 15) is 17.6 Å². The van der Waals surface area contributed by atoms with E-state index in [2.05, 4.69) is 9.72 Å². The minimum Gasteiger partial charge on any atom is -0.402 e. The zero-order chi connectivity index (χ0) is 10.9. The topological polar surface area (TPSA) is 48.1 Å². The van der Waals surface area contributed by atoms with Crippen LogP contribution in [0.25, 0.3) is 0 Å². The molecule has 0 amide bonds. The summed E-state index contributed by atoms with van der Waals surface area (Å²) < 4.78 is 51.3. The first-order valence-corrected chi connectivity index (χ1v) is 3.54. The molecule has 1 aromatic heterocycles. The van der Waals surface area contributed by atoms with Crippen molar-refractivity contribution in [3.8, 4) is 5.75 Å². The Morgan fingerprint density at radius 2 is 2.00 bits per heavy atom. The minimum atomic E-state index is -4.95. The standard InChI is InChI=1S/C6H3ClF4N2O/c7-5-3(8)4(12)2(1-13-5)14-6(9,10)11/h1H,(H2,12,13). The Balaban J connectivity index is 3.06. The molecule has 0 radical (unpaired) electrons. The second-order valence-electron chi connectivity index (χ2n) is 2.19. The fraction of sp³-hybridized carbons (Fsp3) is 0.167. The molecule has 1 aromatic rings. The van der Waals surface area contributed by atoms with Crippen LogP contribution in [0.1, 0.15) is 0 Å². The van der Waals surface area contributed by atoms with Crippen molar-refractivity contribution in [3.63, 3.8) is 0 Å². The smallest absolute Gasteiger partial charge is 0.402 e. The van der Waals surface area contributed by atoms with Gasteiger partial charge in [-0.05, 0) is 0 Å². The van der Waals surface area contributed by atoms with E-state index >= 15 is 0 Å². The van der Waals surface area contributed by atoms with Crippen LogP contribution in [0.4, 0.5) is 23.2 Å². The summed E-state index contributed by atoms with van der Waals surface area (Å²) >= 11 is 5.15. The Morgan fingerprint density at radius 1 is 1.43 bits per heavy atom. The van der Waals surface area contributed by atoms with E-state index in [1.165, 1.54) is 0 Å². The average Bonchev–Trinajstić information content (AvgIpc) is 2.04. The fourth-order valence-electron chi connectivity index (χ4n) is 0.667. The van der Waals surface area contributed by atoms with Gasteiger partial charge < -0.3 is 10.5 Å². The summed E-state index contributed by atoms with van der Waals surface area (Å²) in [5.74, 6) is -2.16. The number of nitrogens with two attached hydrogens (primary N) is 1. The first kappa shape index (κ1) is 10.8. The molecule has 78 valence electrons. The molecule has 0 aliphatic rings. The van der Waals surface area contributed by atoms with Crippen LogP contribution in [0, 0.1) is 5.82 Å². The maximum atomic E-state index is 12.8. The molecule has 0 aliphatic carbocycles. The molecule has 3 nitrogen and oxygen atoms in total. The molecule has 0 aliphatic heterocycles. The molecule has 0 bridgehead atoms. The zero-order valence-corrected chi connectivity index (χ0v) is 7.16. The highest BCUT2D eigenvalue weighted by molar-refractivity contribution is 6.29. The number of pyridine rings is 1. The van der Waals surface area contributed by atoms with Crippen LogP contribution in [0.5, 0.6) is 5.75 Å². The van der Waals surface area contributed by atoms with Gasteiger partial charge in [-0.3, -0.25) is 0 Å². The Labute approximate surface area is 80.4 Å². The molecular formula is C6H3ClF4N2O. The third-order valence-electron chi connectivity index (χ3n) is 1.20. The van der Waals surface area contributed by atoms with Crippen LogP contribution in [0.2, 0.25) is 5.15 Å². The van der Waals surface area contributed by atoms with Crippen LogP contribution in [-0.4, -0.2) is 11.3 Å². The van der Waals surface area contributed by atoms with Gasteiger partial charge in [0, 0.05) is 0 Å². The lowest BCUT2D eigenvalue weighted by molar-refractivity contribution is -0.274. The highest BCUT2D eigenvalue weighted by Gasteiger charge is 2.32. The zero-order valence-electron chi connectivity index (χ0n) is 6.40. The molecule has 0 atom stereocenters. The minimum absolute atomic E-state index is 0.592. The fourth-order valence-corrected chi connectivity index (χ4v) is 0.817. The lowest BCUT2D eigenvalue weighted by Crippen LogP contribution is -2.18. The van der Waals surface area contributed by atoms with Crippen LogP contribution in [0.15, 0.2) is 6.20 Å². The number of rotatable bonds is 1. The van der Waals surface area contributed by atoms with Gasteiger partial charge in [-0.25, -0.2) is 9.37 Å². The summed E-state index contributed by atoms with van der Waals surface area (Å²) in [6.07, 6.45) is -4.36. The Hall–Kier alpha value is -1.24. The molecule has 0 saturated carbocycles. The lowest BCUT2D eigenvalue weighted by Gasteiger charge is -2.10. The van der Waals surface area contributed by atoms with Gasteiger partial charge in [0.25, 0.3) is 0 Å². The highest BCUT2D eigenvalue weighted by atomic mass is 35.5. The van der Waals surface area contributed by atoms with E-state index in [1.54, 1.807) is 0 Å². The van der Waals surface area contributed by atoms with Gasteiger partial charge in [-0.15, -0.1) is 13.2 Å². The van der Waals surface area contributed by atoms with Gasteiger partial charge in [0.1, 0.15) is 5.69 Å². The molecule has 0 fully saturated rings. The Bertz CT molecular complexity index is 354. The monoisotopic (exact) mass is 230 g/mol. The first-order chi connectivity index (χ1) is 6.31. The van der Waals surface area contributed by atoms with Gasteiger partial charge in [-0.1, -0.05) is 11.6 Å². The largest absolute Gasteiger partial charge is 0.573 e. The third kappa shape index (κ3) is 2.38. The van der Waals surface area contributed by atoms with Crippen molar-refractivity contribution >= 4 is 17.3 Å². The van der Waals surface area contributed by atoms with Crippen LogP contribution in [-0.2, 0) is 0 Å². The number of hydrogen-bond donors (Lipinski definition) is 1. The first-order valence-electron chi connectivity index (χ1n) is 3.16. The van der Waals surface area contributed by atoms with Gasteiger partial charge in [-0.2, -0.15) is 0 Å². The highest BCUT2D eigenvalue weighted by Crippen LogP contribution is 2.31.